The minimum atomic E-state index is -0.732. The van der Waals surface area contributed by atoms with Gasteiger partial charge in [0.25, 0.3) is 0 Å². The number of nitrogens with zero attached hydrogens (tertiary/aromatic N) is 3. The number of pyridine rings is 1. The van der Waals surface area contributed by atoms with Crippen molar-refractivity contribution in [1.29, 1.82) is 0 Å². The number of hydrogen-bond acceptors (Lipinski definition) is 6. The van der Waals surface area contributed by atoms with E-state index in [-0.39, 0.29) is 18.9 Å². The Morgan fingerprint density at radius 2 is 1.94 bits per heavy atom. The van der Waals surface area contributed by atoms with Crippen LogP contribution in [0.25, 0.3) is 0 Å². The van der Waals surface area contributed by atoms with E-state index in [1.165, 1.54) is 0 Å². The lowest BCUT2D eigenvalue weighted by Crippen LogP contribution is -2.57. The van der Waals surface area contributed by atoms with Gasteiger partial charge in [0.05, 0.1) is 26.2 Å². The quantitative estimate of drug-likeness (QED) is 0.634. The first-order valence-electron chi connectivity index (χ1n) is 11.0. The van der Waals surface area contributed by atoms with Crippen molar-refractivity contribution in [2.75, 3.05) is 52.6 Å². The third-order valence-electron chi connectivity index (χ3n) is 5.82. The average Bonchev–Trinajstić information content (AvgIpc) is 2.80. The maximum Gasteiger partial charge on any atom is 0.225 e. The number of aromatic nitrogens is 1. The monoisotopic (exact) mass is 459 g/mol. The molecule has 4 rings (SSSR count). The molecule has 1 atom stereocenters. The van der Waals surface area contributed by atoms with E-state index in [1.54, 1.807) is 12.1 Å². The molecule has 0 bridgehead atoms. The van der Waals surface area contributed by atoms with Crippen molar-refractivity contribution in [2.24, 2.45) is 0 Å². The Kier molecular flexibility index (Phi) is 7.63. The van der Waals surface area contributed by atoms with Gasteiger partial charge in [0, 0.05) is 50.1 Å². The third kappa shape index (κ3) is 6.19. The molecule has 7 nitrogen and oxygen atoms in total. The molecule has 1 aromatic carbocycles. The molecule has 0 radical (unpaired) electrons. The summed E-state index contributed by atoms with van der Waals surface area (Å²) in [5.74, 6) is 0.781. The first-order chi connectivity index (χ1) is 15.5. The minimum Gasteiger partial charge on any atom is -0.491 e. The molecule has 2 fully saturated rings. The highest BCUT2D eigenvalue weighted by Gasteiger charge is 2.41. The number of rotatable bonds is 7. The lowest BCUT2D eigenvalue weighted by Gasteiger charge is -2.43. The molecule has 0 saturated carbocycles. The van der Waals surface area contributed by atoms with E-state index in [2.05, 4.69) is 16.0 Å². The number of ether oxygens (including phenoxy) is 3. The van der Waals surface area contributed by atoms with Crippen LogP contribution in [0.4, 0.5) is 0 Å². The number of carbonyl (C=O) groups is 1. The van der Waals surface area contributed by atoms with Crippen LogP contribution < -0.4 is 4.74 Å². The third-order valence-corrected chi connectivity index (χ3v) is 6.07. The summed E-state index contributed by atoms with van der Waals surface area (Å²) < 4.78 is 17.8. The highest BCUT2D eigenvalue weighted by molar-refractivity contribution is 6.30. The molecule has 2 aliphatic heterocycles. The van der Waals surface area contributed by atoms with Crippen molar-refractivity contribution >= 4 is 17.5 Å². The van der Waals surface area contributed by atoms with E-state index in [1.807, 2.05) is 36.4 Å². The number of carbonyl (C=O) groups excluding carboxylic acids is 1. The second-order valence-electron chi connectivity index (χ2n) is 8.53. The maximum absolute atomic E-state index is 13.1. The van der Waals surface area contributed by atoms with Crippen LogP contribution in [0, 0.1) is 6.92 Å². The van der Waals surface area contributed by atoms with Gasteiger partial charge in [0.2, 0.25) is 5.91 Å². The standard InChI is InChI=1S/C24H30ClN3O4/c1-19-12-20(15-26-14-19)16-27-6-11-32-24(17-27,13-23(29)28-7-9-30-10-8-28)18-31-22-4-2-21(25)3-5-22/h2-5,12,14-15H,6-11,13,16-18H2,1H3/t24-/m0/s1. The summed E-state index contributed by atoms with van der Waals surface area (Å²) in [4.78, 5) is 21.6. The Morgan fingerprint density at radius 3 is 2.69 bits per heavy atom. The summed E-state index contributed by atoms with van der Waals surface area (Å²) in [6.07, 6.45) is 4.02. The van der Waals surface area contributed by atoms with Gasteiger partial charge < -0.3 is 19.1 Å². The molecule has 2 aromatic rings. The van der Waals surface area contributed by atoms with E-state index < -0.39 is 5.60 Å². The van der Waals surface area contributed by atoms with E-state index in [4.69, 9.17) is 25.8 Å². The summed E-state index contributed by atoms with van der Waals surface area (Å²) in [6.45, 7) is 7.41. The van der Waals surface area contributed by atoms with Crippen LogP contribution in [0.2, 0.25) is 5.02 Å². The van der Waals surface area contributed by atoms with Gasteiger partial charge in [0.1, 0.15) is 18.0 Å². The zero-order chi connectivity index (χ0) is 22.4. The molecular formula is C24H30ClN3O4. The van der Waals surface area contributed by atoms with Gasteiger partial charge in [-0.1, -0.05) is 17.7 Å². The Labute approximate surface area is 194 Å². The molecular weight excluding hydrogens is 430 g/mol. The number of amides is 1. The fourth-order valence-electron chi connectivity index (χ4n) is 4.21. The predicted molar refractivity (Wildman–Crippen MR) is 122 cm³/mol. The lowest BCUT2D eigenvalue weighted by atomic mass is 9.96. The van der Waals surface area contributed by atoms with Crippen molar-refractivity contribution in [3.63, 3.8) is 0 Å². The van der Waals surface area contributed by atoms with Crippen LogP contribution in [-0.2, 0) is 20.8 Å². The summed E-state index contributed by atoms with van der Waals surface area (Å²) in [5, 5.41) is 0.654. The highest BCUT2D eigenvalue weighted by Crippen LogP contribution is 2.27. The smallest absolute Gasteiger partial charge is 0.225 e. The van der Waals surface area contributed by atoms with Gasteiger partial charge in [-0.05, 0) is 42.3 Å². The molecule has 8 heteroatoms. The van der Waals surface area contributed by atoms with E-state index >= 15 is 0 Å². The molecule has 0 unspecified atom stereocenters. The van der Waals surface area contributed by atoms with Gasteiger partial charge in [0.15, 0.2) is 0 Å². The van der Waals surface area contributed by atoms with Crippen molar-refractivity contribution in [3.8, 4) is 5.75 Å². The number of morpholine rings is 2. The van der Waals surface area contributed by atoms with Gasteiger partial charge >= 0.3 is 0 Å². The zero-order valence-electron chi connectivity index (χ0n) is 18.5. The fraction of sp³-hybridized carbons (Fsp3) is 0.500. The topological polar surface area (TPSA) is 64.1 Å². The molecule has 0 N–H and O–H groups in total. The Balaban J connectivity index is 1.48. The van der Waals surface area contributed by atoms with Gasteiger partial charge in [-0.15, -0.1) is 0 Å². The minimum absolute atomic E-state index is 0.0760. The largest absolute Gasteiger partial charge is 0.491 e. The molecule has 3 heterocycles. The van der Waals surface area contributed by atoms with Gasteiger partial charge in [-0.3, -0.25) is 14.7 Å². The SMILES string of the molecule is Cc1cncc(CN2CCO[C@@](COc3ccc(Cl)cc3)(CC(=O)N3CCOCC3)C2)c1. The molecule has 0 spiro atoms. The first-order valence-corrected chi connectivity index (χ1v) is 11.4. The second-order valence-corrected chi connectivity index (χ2v) is 8.96. The number of halogens is 1. The number of aryl methyl sites for hydroxylation is 1. The molecule has 1 amide bonds. The summed E-state index contributed by atoms with van der Waals surface area (Å²) in [6, 6.07) is 9.40. The Hall–Kier alpha value is -2.19. The molecule has 2 saturated heterocycles. The first kappa shape index (κ1) is 23.0. The van der Waals surface area contributed by atoms with Crippen LogP contribution in [0.1, 0.15) is 17.5 Å². The molecule has 2 aliphatic rings. The van der Waals surface area contributed by atoms with Crippen molar-refractivity contribution in [1.82, 2.24) is 14.8 Å². The Bertz CT molecular complexity index is 904. The number of hydrogen-bond donors (Lipinski definition) is 0. The normalized spacial score (nSPS) is 22.0. The predicted octanol–water partition coefficient (Wildman–Crippen LogP) is 2.94. The van der Waals surface area contributed by atoms with Crippen LogP contribution in [-0.4, -0.2) is 78.9 Å². The second kappa shape index (κ2) is 10.6. The lowest BCUT2D eigenvalue weighted by molar-refractivity contribution is -0.159. The van der Waals surface area contributed by atoms with Gasteiger partial charge in [-0.25, -0.2) is 0 Å². The molecule has 172 valence electrons. The maximum atomic E-state index is 13.1. The van der Waals surface area contributed by atoms with Crippen LogP contribution in [0.15, 0.2) is 42.7 Å². The Morgan fingerprint density at radius 1 is 1.16 bits per heavy atom. The van der Waals surface area contributed by atoms with Crippen molar-refractivity contribution in [2.45, 2.75) is 25.5 Å². The van der Waals surface area contributed by atoms with Gasteiger partial charge in [-0.2, -0.15) is 0 Å². The van der Waals surface area contributed by atoms with Crippen LogP contribution >= 0.6 is 11.6 Å². The highest BCUT2D eigenvalue weighted by atomic mass is 35.5. The summed E-state index contributed by atoms with van der Waals surface area (Å²) in [7, 11) is 0. The van der Waals surface area contributed by atoms with E-state index in [9.17, 15) is 4.79 Å². The average molecular weight is 460 g/mol. The van der Waals surface area contributed by atoms with E-state index in [0.29, 0.717) is 50.2 Å². The molecule has 1 aromatic heterocycles. The van der Waals surface area contributed by atoms with Crippen molar-refractivity contribution in [3.05, 3.63) is 58.9 Å². The summed E-state index contributed by atoms with van der Waals surface area (Å²) >= 11 is 6.00. The molecule has 32 heavy (non-hydrogen) atoms. The fourth-order valence-corrected chi connectivity index (χ4v) is 4.34. The van der Waals surface area contributed by atoms with Crippen LogP contribution in [0.3, 0.4) is 0 Å². The summed E-state index contributed by atoms with van der Waals surface area (Å²) in [5.41, 5.74) is 1.55. The van der Waals surface area contributed by atoms with Crippen molar-refractivity contribution < 1.29 is 19.0 Å². The zero-order valence-corrected chi connectivity index (χ0v) is 19.2. The van der Waals surface area contributed by atoms with E-state index in [0.717, 1.165) is 24.2 Å². The molecule has 0 aliphatic carbocycles. The number of benzene rings is 1. The van der Waals surface area contributed by atoms with Crippen LogP contribution in [0.5, 0.6) is 5.75 Å².